The molecule has 1 aromatic carbocycles. The lowest BCUT2D eigenvalue weighted by atomic mass is 9.87. The van der Waals surface area contributed by atoms with Crippen LogP contribution in [0.25, 0.3) is 0 Å². The second-order valence-corrected chi connectivity index (χ2v) is 4.99. The van der Waals surface area contributed by atoms with Crippen molar-refractivity contribution < 1.29 is 4.79 Å². The van der Waals surface area contributed by atoms with E-state index < -0.39 is 0 Å². The minimum atomic E-state index is -0.124. The van der Waals surface area contributed by atoms with E-state index >= 15 is 0 Å². The highest BCUT2D eigenvalue weighted by molar-refractivity contribution is 5.94. The zero-order valence-corrected chi connectivity index (χ0v) is 10.6. The molecule has 1 N–H and O–H groups in total. The molecule has 1 amide bonds. The largest absolute Gasteiger partial charge is 0.351 e. The molecule has 3 nitrogen and oxygen atoms in total. The number of rotatable bonds is 3. The summed E-state index contributed by atoms with van der Waals surface area (Å²) in [4.78, 5) is 11.7. The average Bonchev–Trinajstić information content (AvgIpc) is 2.28. The van der Waals surface area contributed by atoms with Gasteiger partial charge < -0.3 is 5.32 Å². The first-order valence-electron chi connectivity index (χ1n) is 5.71. The summed E-state index contributed by atoms with van der Waals surface area (Å²) >= 11 is 0. The van der Waals surface area contributed by atoms with Crippen LogP contribution >= 0.6 is 0 Å². The van der Waals surface area contributed by atoms with Crippen LogP contribution in [0.5, 0.6) is 0 Å². The summed E-state index contributed by atoms with van der Waals surface area (Å²) in [5.41, 5.74) is 1.93. The van der Waals surface area contributed by atoms with Gasteiger partial charge in [0, 0.05) is 12.1 Å². The Morgan fingerprint density at radius 3 is 2.35 bits per heavy atom. The van der Waals surface area contributed by atoms with E-state index in [0.29, 0.717) is 18.5 Å². The summed E-state index contributed by atoms with van der Waals surface area (Å²) in [6.45, 7) is 6.80. The van der Waals surface area contributed by atoms with Crippen LogP contribution in [0, 0.1) is 11.3 Å². The van der Waals surface area contributed by atoms with Gasteiger partial charge in [0.25, 0.3) is 5.91 Å². The van der Waals surface area contributed by atoms with Gasteiger partial charge in [0.15, 0.2) is 0 Å². The quantitative estimate of drug-likeness (QED) is 0.811. The first kappa shape index (κ1) is 13.2. The van der Waals surface area contributed by atoms with E-state index in [9.17, 15) is 4.79 Å². The second kappa shape index (κ2) is 5.49. The fourth-order valence-electron chi connectivity index (χ4n) is 1.46. The fraction of sp³-hybridized carbons (Fsp3) is 0.429. The van der Waals surface area contributed by atoms with Gasteiger partial charge >= 0.3 is 0 Å². The van der Waals surface area contributed by atoms with Crippen molar-refractivity contribution >= 4 is 5.91 Å². The average molecular weight is 230 g/mol. The van der Waals surface area contributed by atoms with E-state index in [-0.39, 0.29) is 11.3 Å². The van der Waals surface area contributed by atoms with Gasteiger partial charge in [-0.2, -0.15) is 5.26 Å². The summed E-state index contributed by atoms with van der Waals surface area (Å²) < 4.78 is 0. The zero-order chi connectivity index (χ0) is 12.9. The molecule has 1 aromatic rings. The van der Waals surface area contributed by atoms with Crippen LogP contribution in [0.3, 0.4) is 0 Å². The molecule has 90 valence electrons. The third-order valence-corrected chi connectivity index (χ3v) is 2.54. The van der Waals surface area contributed by atoms with Crippen LogP contribution in [-0.2, 0) is 5.41 Å². The molecule has 17 heavy (non-hydrogen) atoms. The van der Waals surface area contributed by atoms with Gasteiger partial charge in [-0.25, -0.2) is 0 Å². The van der Waals surface area contributed by atoms with E-state index in [1.165, 1.54) is 5.56 Å². The molecular weight excluding hydrogens is 212 g/mol. The summed E-state index contributed by atoms with van der Waals surface area (Å²) in [5, 5.41) is 11.1. The zero-order valence-electron chi connectivity index (χ0n) is 10.6. The SMILES string of the molecule is CC(C)(C)c1ccc(C(=O)NCCC#N)cc1. The maximum Gasteiger partial charge on any atom is 0.251 e. The summed E-state index contributed by atoms with van der Waals surface area (Å²) in [5.74, 6) is -0.124. The highest BCUT2D eigenvalue weighted by Crippen LogP contribution is 2.22. The molecule has 0 unspecified atom stereocenters. The van der Waals surface area contributed by atoms with E-state index in [2.05, 4.69) is 26.1 Å². The molecule has 0 saturated heterocycles. The Hall–Kier alpha value is -1.82. The number of amides is 1. The molecule has 0 atom stereocenters. The summed E-state index contributed by atoms with van der Waals surface area (Å²) in [6.07, 6.45) is 0.339. The van der Waals surface area contributed by atoms with Crippen LogP contribution in [-0.4, -0.2) is 12.5 Å². The summed E-state index contributed by atoms with van der Waals surface area (Å²) in [6, 6.07) is 9.58. The molecule has 0 aliphatic carbocycles. The Balaban J connectivity index is 2.68. The molecule has 0 radical (unpaired) electrons. The van der Waals surface area contributed by atoms with Crippen molar-refractivity contribution in [1.29, 1.82) is 5.26 Å². The molecule has 0 aromatic heterocycles. The molecular formula is C14H18N2O. The Labute approximate surface area is 102 Å². The number of nitriles is 1. The Bertz CT molecular complexity index is 421. The lowest BCUT2D eigenvalue weighted by Gasteiger charge is -2.19. The van der Waals surface area contributed by atoms with Gasteiger partial charge in [-0.15, -0.1) is 0 Å². The number of benzene rings is 1. The van der Waals surface area contributed by atoms with Crippen molar-refractivity contribution in [3.63, 3.8) is 0 Å². The van der Waals surface area contributed by atoms with Crippen LogP contribution in [0.2, 0.25) is 0 Å². The lowest BCUT2D eigenvalue weighted by molar-refractivity contribution is 0.0954. The van der Waals surface area contributed by atoms with Crippen molar-refractivity contribution in [3.8, 4) is 6.07 Å². The molecule has 0 aliphatic heterocycles. The van der Waals surface area contributed by atoms with Gasteiger partial charge in [0.05, 0.1) is 12.5 Å². The Kier molecular flexibility index (Phi) is 4.28. The van der Waals surface area contributed by atoms with Gasteiger partial charge in [-0.05, 0) is 23.1 Å². The van der Waals surface area contributed by atoms with Crippen molar-refractivity contribution in [2.75, 3.05) is 6.54 Å². The second-order valence-electron chi connectivity index (χ2n) is 4.99. The normalized spacial score (nSPS) is 10.7. The third kappa shape index (κ3) is 3.92. The first-order chi connectivity index (χ1) is 7.95. The van der Waals surface area contributed by atoms with Gasteiger partial charge in [0.2, 0.25) is 0 Å². The fourth-order valence-corrected chi connectivity index (χ4v) is 1.46. The molecule has 0 heterocycles. The van der Waals surface area contributed by atoms with E-state index in [0.717, 1.165) is 0 Å². The minimum Gasteiger partial charge on any atom is -0.351 e. The molecule has 0 spiro atoms. The maximum absolute atomic E-state index is 11.7. The number of nitrogens with zero attached hydrogens (tertiary/aromatic N) is 1. The standard InChI is InChI=1S/C14H18N2O/c1-14(2,3)12-7-5-11(6-8-12)13(17)16-10-4-9-15/h5-8H,4,10H2,1-3H3,(H,16,17). The van der Waals surface area contributed by atoms with Crippen LogP contribution < -0.4 is 5.32 Å². The summed E-state index contributed by atoms with van der Waals surface area (Å²) in [7, 11) is 0. The van der Waals surface area contributed by atoms with Crippen molar-refractivity contribution in [2.45, 2.75) is 32.6 Å². The highest BCUT2D eigenvalue weighted by atomic mass is 16.1. The molecule has 0 saturated carbocycles. The Morgan fingerprint density at radius 1 is 1.29 bits per heavy atom. The first-order valence-corrected chi connectivity index (χ1v) is 5.71. The van der Waals surface area contributed by atoms with Crippen molar-refractivity contribution in [1.82, 2.24) is 5.32 Å². The topological polar surface area (TPSA) is 52.9 Å². The maximum atomic E-state index is 11.7. The number of carbonyl (C=O) groups excluding carboxylic acids is 1. The van der Waals surface area contributed by atoms with E-state index in [4.69, 9.17) is 5.26 Å². The van der Waals surface area contributed by atoms with E-state index in [1.54, 1.807) is 0 Å². The molecule has 0 bridgehead atoms. The van der Waals surface area contributed by atoms with Gasteiger partial charge in [-0.1, -0.05) is 32.9 Å². The number of hydrogen-bond acceptors (Lipinski definition) is 2. The molecule has 0 aliphatic rings. The number of carbonyl (C=O) groups is 1. The van der Waals surface area contributed by atoms with Crippen LogP contribution in [0.15, 0.2) is 24.3 Å². The van der Waals surface area contributed by atoms with Crippen molar-refractivity contribution in [2.24, 2.45) is 0 Å². The van der Waals surface area contributed by atoms with Gasteiger partial charge in [-0.3, -0.25) is 4.79 Å². The van der Waals surface area contributed by atoms with E-state index in [1.807, 2.05) is 30.3 Å². The van der Waals surface area contributed by atoms with Crippen molar-refractivity contribution in [3.05, 3.63) is 35.4 Å². The lowest BCUT2D eigenvalue weighted by Crippen LogP contribution is -2.24. The predicted octanol–water partition coefficient (Wildman–Crippen LogP) is 2.63. The monoisotopic (exact) mass is 230 g/mol. The predicted molar refractivity (Wildman–Crippen MR) is 67.7 cm³/mol. The van der Waals surface area contributed by atoms with Gasteiger partial charge in [0.1, 0.15) is 0 Å². The Morgan fingerprint density at radius 2 is 1.88 bits per heavy atom. The third-order valence-electron chi connectivity index (χ3n) is 2.54. The highest BCUT2D eigenvalue weighted by Gasteiger charge is 2.13. The number of nitrogens with one attached hydrogen (secondary N) is 1. The van der Waals surface area contributed by atoms with Crippen LogP contribution in [0.1, 0.15) is 43.1 Å². The minimum absolute atomic E-state index is 0.0931. The molecule has 1 rings (SSSR count). The smallest absolute Gasteiger partial charge is 0.251 e. The molecule has 3 heteroatoms. The molecule has 0 fully saturated rings. The van der Waals surface area contributed by atoms with Crippen LogP contribution in [0.4, 0.5) is 0 Å². The number of hydrogen-bond donors (Lipinski definition) is 1.